The zero-order valence-corrected chi connectivity index (χ0v) is 11.9. The fourth-order valence-electron chi connectivity index (χ4n) is 1.57. The van der Waals surface area contributed by atoms with Crippen molar-refractivity contribution in [3.63, 3.8) is 0 Å². The minimum absolute atomic E-state index is 1.13. The van der Waals surface area contributed by atoms with Crippen LogP contribution in [-0.4, -0.2) is 0 Å². The third kappa shape index (κ3) is 2.26. The fraction of sp³-hybridized carbons (Fsp3) is 0.231. The van der Waals surface area contributed by atoms with E-state index < -0.39 is 0 Å². The summed E-state index contributed by atoms with van der Waals surface area (Å²) in [4.78, 5) is 1.41. The molecule has 0 unspecified atom stereocenters. The average Bonchev–Trinajstić information content (AvgIpc) is 2.70. The molecule has 0 saturated heterocycles. The monoisotopic (exact) mass is 328 g/mol. The molecular formula is C13H13IS. The average molecular weight is 328 g/mol. The van der Waals surface area contributed by atoms with Crippen LogP contribution >= 0.6 is 33.9 Å². The van der Waals surface area contributed by atoms with Crippen molar-refractivity contribution in [2.75, 3.05) is 0 Å². The minimum atomic E-state index is 1.13. The second kappa shape index (κ2) is 4.66. The summed E-state index contributed by atoms with van der Waals surface area (Å²) in [6, 6.07) is 10.9. The first-order chi connectivity index (χ1) is 7.22. The SMILES string of the molecule is CC/C(I)=C(/C)c1cc2ccccc2s1. The molecule has 0 fully saturated rings. The highest BCUT2D eigenvalue weighted by Gasteiger charge is 2.05. The van der Waals surface area contributed by atoms with Crippen LogP contribution in [0.3, 0.4) is 0 Å². The molecule has 0 aliphatic heterocycles. The summed E-state index contributed by atoms with van der Waals surface area (Å²) in [6.07, 6.45) is 1.13. The Morgan fingerprint density at radius 1 is 1.33 bits per heavy atom. The second-order valence-electron chi connectivity index (χ2n) is 3.53. The zero-order chi connectivity index (χ0) is 10.8. The van der Waals surface area contributed by atoms with Crippen LogP contribution in [0.15, 0.2) is 33.9 Å². The quantitative estimate of drug-likeness (QED) is 0.641. The van der Waals surface area contributed by atoms with Gasteiger partial charge in [-0.05, 0) is 62.6 Å². The van der Waals surface area contributed by atoms with Crippen molar-refractivity contribution >= 4 is 49.6 Å². The normalized spacial score (nSPS) is 13.0. The molecule has 0 aliphatic carbocycles. The van der Waals surface area contributed by atoms with Gasteiger partial charge in [-0.2, -0.15) is 0 Å². The highest BCUT2D eigenvalue weighted by Crippen LogP contribution is 2.33. The molecule has 2 heteroatoms. The van der Waals surface area contributed by atoms with Crippen LogP contribution < -0.4 is 0 Å². The van der Waals surface area contributed by atoms with E-state index in [1.807, 2.05) is 11.3 Å². The lowest BCUT2D eigenvalue weighted by atomic mass is 10.2. The van der Waals surface area contributed by atoms with Crippen LogP contribution in [0.4, 0.5) is 0 Å². The highest BCUT2D eigenvalue weighted by molar-refractivity contribution is 14.1. The van der Waals surface area contributed by atoms with E-state index >= 15 is 0 Å². The lowest BCUT2D eigenvalue weighted by molar-refractivity contribution is 1.21. The van der Waals surface area contributed by atoms with E-state index in [4.69, 9.17) is 0 Å². The Bertz CT molecular complexity index is 475. The van der Waals surface area contributed by atoms with Gasteiger partial charge in [-0.25, -0.2) is 0 Å². The van der Waals surface area contributed by atoms with Gasteiger partial charge in [0.15, 0.2) is 0 Å². The van der Waals surface area contributed by atoms with Gasteiger partial charge in [-0.15, -0.1) is 11.3 Å². The number of hydrogen-bond acceptors (Lipinski definition) is 1. The van der Waals surface area contributed by atoms with Gasteiger partial charge in [0, 0.05) is 9.58 Å². The van der Waals surface area contributed by atoms with Gasteiger partial charge in [0.05, 0.1) is 0 Å². The molecule has 1 aromatic carbocycles. The van der Waals surface area contributed by atoms with Crippen molar-refractivity contribution in [3.05, 3.63) is 38.8 Å². The molecule has 0 aliphatic rings. The summed E-state index contributed by atoms with van der Waals surface area (Å²) in [5.41, 5.74) is 1.43. The van der Waals surface area contributed by atoms with Crippen molar-refractivity contribution < 1.29 is 0 Å². The number of allylic oxidation sites excluding steroid dienone is 2. The summed E-state index contributed by atoms with van der Waals surface area (Å²) >= 11 is 4.33. The van der Waals surface area contributed by atoms with Crippen molar-refractivity contribution in [2.45, 2.75) is 20.3 Å². The number of halogens is 1. The van der Waals surface area contributed by atoms with Crippen molar-refractivity contribution in [3.8, 4) is 0 Å². The van der Waals surface area contributed by atoms with E-state index in [1.54, 1.807) is 0 Å². The Morgan fingerprint density at radius 3 is 2.73 bits per heavy atom. The number of hydrogen-bond donors (Lipinski definition) is 0. The van der Waals surface area contributed by atoms with Crippen LogP contribution in [0.2, 0.25) is 0 Å². The Hall–Kier alpha value is -0.350. The number of fused-ring (bicyclic) bond motifs is 1. The summed E-state index contributed by atoms with van der Waals surface area (Å²) in [5, 5.41) is 1.36. The molecule has 0 bridgehead atoms. The number of rotatable bonds is 2. The molecule has 1 heterocycles. The third-order valence-corrected chi connectivity index (χ3v) is 5.32. The molecule has 0 radical (unpaired) electrons. The molecule has 0 nitrogen and oxygen atoms in total. The standard InChI is InChI=1S/C13H13IS/c1-3-11(14)9(2)13-8-10-6-4-5-7-12(10)15-13/h4-8H,3H2,1-2H3/b11-9+. The minimum Gasteiger partial charge on any atom is -0.136 e. The lowest BCUT2D eigenvalue weighted by Gasteiger charge is -1.99. The van der Waals surface area contributed by atoms with Crippen molar-refractivity contribution in [1.82, 2.24) is 0 Å². The Morgan fingerprint density at radius 2 is 2.07 bits per heavy atom. The second-order valence-corrected chi connectivity index (χ2v) is 5.92. The first-order valence-corrected chi connectivity index (χ1v) is 6.96. The predicted octanol–water partition coefficient (Wildman–Crippen LogP) is 5.48. The van der Waals surface area contributed by atoms with Gasteiger partial charge in [-0.3, -0.25) is 0 Å². The summed E-state index contributed by atoms with van der Waals surface area (Å²) < 4.78 is 2.84. The summed E-state index contributed by atoms with van der Waals surface area (Å²) in [7, 11) is 0. The Kier molecular flexibility index (Phi) is 3.46. The van der Waals surface area contributed by atoms with E-state index in [0.717, 1.165) is 6.42 Å². The van der Waals surface area contributed by atoms with E-state index in [0.29, 0.717) is 0 Å². The van der Waals surface area contributed by atoms with Gasteiger partial charge in [-0.1, -0.05) is 25.1 Å². The largest absolute Gasteiger partial charge is 0.136 e. The maximum Gasteiger partial charge on any atom is 0.0349 e. The number of benzene rings is 1. The lowest BCUT2D eigenvalue weighted by Crippen LogP contribution is -1.75. The molecule has 2 aromatic rings. The van der Waals surface area contributed by atoms with Gasteiger partial charge in [0.25, 0.3) is 0 Å². The molecule has 78 valence electrons. The van der Waals surface area contributed by atoms with Crippen LogP contribution in [0, 0.1) is 0 Å². The van der Waals surface area contributed by atoms with E-state index in [1.165, 1.54) is 24.1 Å². The van der Waals surface area contributed by atoms with E-state index in [2.05, 4.69) is 66.8 Å². The van der Waals surface area contributed by atoms with Crippen LogP contribution in [0.5, 0.6) is 0 Å². The molecular weight excluding hydrogens is 315 g/mol. The van der Waals surface area contributed by atoms with Crippen LogP contribution in [0.1, 0.15) is 25.1 Å². The maximum atomic E-state index is 2.45. The molecule has 0 amide bonds. The molecule has 1 aromatic heterocycles. The Labute approximate surface area is 108 Å². The van der Waals surface area contributed by atoms with Crippen molar-refractivity contribution in [1.29, 1.82) is 0 Å². The molecule has 0 N–H and O–H groups in total. The smallest absolute Gasteiger partial charge is 0.0349 e. The van der Waals surface area contributed by atoms with E-state index in [-0.39, 0.29) is 0 Å². The van der Waals surface area contributed by atoms with E-state index in [9.17, 15) is 0 Å². The Balaban J connectivity index is 2.54. The van der Waals surface area contributed by atoms with Gasteiger partial charge < -0.3 is 0 Å². The van der Waals surface area contributed by atoms with Crippen LogP contribution in [-0.2, 0) is 0 Å². The maximum absolute atomic E-state index is 2.45. The zero-order valence-electron chi connectivity index (χ0n) is 8.88. The summed E-state index contributed by atoms with van der Waals surface area (Å²) in [6.45, 7) is 4.43. The first kappa shape index (κ1) is 11.1. The fourth-order valence-corrected chi connectivity index (χ4v) is 3.13. The molecule has 0 saturated carbocycles. The van der Waals surface area contributed by atoms with Crippen LogP contribution in [0.25, 0.3) is 15.7 Å². The van der Waals surface area contributed by atoms with Crippen molar-refractivity contribution in [2.24, 2.45) is 0 Å². The highest BCUT2D eigenvalue weighted by atomic mass is 127. The van der Waals surface area contributed by atoms with Gasteiger partial charge >= 0.3 is 0 Å². The first-order valence-electron chi connectivity index (χ1n) is 5.06. The molecule has 0 spiro atoms. The third-order valence-electron chi connectivity index (χ3n) is 2.51. The predicted molar refractivity (Wildman–Crippen MR) is 78.7 cm³/mol. The summed E-state index contributed by atoms with van der Waals surface area (Å²) in [5.74, 6) is 0. The number of thiophene rings is 1. The topological polar surface area (TPSA) is 0 Å². The van der Waals surface area contributed by atoms with Gasteiger partial charge in [0.1, 0.15) is 0 Å². The molecule has 2 rings (SSSR count). The molecule has 0 atom stereocenters. The van der Waals surface area contributed by atoms with Gasteiger partial charge in [0.2, 0.25) is 0 Å². The molecule has 15 heavy (non-hydrogen) atoms.